The first-order valence-electron chi connectivity index (χ1n) is 5.15. The molecular formula is C11H12F2N2O. The summed E-state index contributed by atoms with van der Waals surface area (Å²) in [5.41, 5.74) is 0.544. The maximum Gasteiger partial charge on any atom is 0.248 e. The third-order valence-electron chi connectivity index (χ3n) is 2.70. The summed E-state index contributed by atoms with van der Waals surface area (Å²) in [6.45, 7) is 0. The van der Waals surface area contributed by atoms with Gasteiger partial charge in [-0.05, 0) is 18.6 Å². The molecule has 0 saturated heterocycles. The lowest BCUT2D eigenvalue weighted by Gasteiger charge is -2.10. The number of carbonyl (C=O) groups is 1. The van der Waals surface area contributed by atoms with Crippen molar-refractivity contribution in [1.82, 2.24) is 4.98 Å². The van der Waals surface area contributed by atoms with E-state index in [1.165, 1.54) is 6.20 Å². The molecule has 1 saturated carbocycles. The highest BCUT2D eigenvalue weighted by atomic mass is 19.3. The van der Waals surface area contributed by atoms with Crippen LogP contribution in [0.3, 0.4) is 0 Å². The van der Waals surface area contributed by atoms with E-state index in [9.17, 15) is 13.6 Å². The Kier molecular flexibility index (Phi) is 2.85. The second-order valence-electron chi connectivity index (χ2n) is 4.03. The van der Waals surface area contributed by atoms with Gasteiger partial charge in [-0.15, -0.1) is 0 Å². The molecule has 0 aromatic carbocycles. The number of pyridine rings is 1. The normalized spacial score (nSPS) is 23.0. The molecule has 16 heavy (non-hydrogen) atoms. The van der Waals surface area contributed by atoms with Gasteiger partial charge >= 0.3 is 0 Å². The molecule has 1 fully saturated rings. The van der Waals surface area contributed by atoms with E-state index in [1.807, 2.05) is 0 Å². The summed E-state index contributed by atoms with van der Waals surface area (Å²) in [5, 5.41) is 2.59. The van der Waals surface area contributed by atoms with E-state index in [-0.39, 0.29) is 25.2 Å². The fourth-order valence-electron chi connectivity index (χ4n) is 1.85. The van der Waals surface area contributed by atoms with Crippen LogP contribution in [0.1, 0.15) is 19.3 Å². The van der Waals surface area contributed by atoms with Gasteiger partial charge in [0.2, 0.25) is 11.8 Å². The number of hydrogen-bond donors (Lipinski definition) is 1. The molecule has 1 aliphatic rings. The summed E-state index contributed by atoms with van der Waals surface area (Å²) >= 11 is 0. The number of hydrogen-bond acceptors (Lipinski definition) is 2. The molecule has 1 aromatic rings. The maximum atomic E-state index is 12.9. The quantitative estimate of drug-likeness (QED) is 0.841. The molecule has 1 aliphatic carbocycles. The van der Waals surface area contributed by atoms with Crippen molar-refractivity contribution in [2.75, 3.05) is 5.32 Å². The lowest BCUT2D eigenvalue weighted by Crippen LogP contribution is -2.22. The molecule has 1 amide bonds. The maximum absolute atomic E-state index is 12.9. The second kappa shape index (κ2) is 4.15. The monoisotopic (exact) mass is 226 g/mol. The van der Waals surface area contributed by atoms with E-state index >= 15 is 0 Å². The van der Waals surface area contributed by atoms with Crippen molar-refractivity contribution in [2.45, 2.75) is 25.2 Å². The van der Waals surface area contributed by atoms with Crippen LogP contribution in [0.2, 0.25) is 0 Å². The molecular weight excluding hydrogens is 214 g/mol. The van der Waals surface area contributed by atoms with Crippen molar-refractivity contribution in [3.8, 4) is 0 Å². The van der Waals surface area contributed by atoms with E-state index in [4.69, 9.17) is 0 Å². The van der Waals surface area contributed by atoms with Gasteiger partial charge in [0.1, 0.15) is 0 Å². The van der Waals surface area contributed by atoms with E-state index in [1.54, 1.807) is 18.3 Å². The van der Waals surface area contributed by atoms with Crippen LogP contribution >= 0.6 is 0 Å². The number of carbonyl (C=O) groups excluding carboxylic acids is 1. The van der Waals surface area contributed by atoms with Gasteiger partial charge in [0, 0.05) is 25.0 Å². The minimum atomic E-state index is -2.68. The van der Waals surface area contributed by atoms with Crippen LogP contribution in [0.4, 0.5) is 14.5 Å². The van der Waals surface area contributed by atoms with E-state index in [2.05, 4.69) is 10.3 Å². The molecule has 86 valence electrons. The van der Waals surface area contributed by atoms with Crippen molar-refractivity contribution in [3.05, 3.63) is 24.5 Å². The molecule has 3 nitrogen and oxygen atoms in total. The predicted molar refractivity (Wildman–Crippen MR) is 55.2 cm³/mol. The molecule has 0 radical (unpaired) electrons. The number of rotatable bonds is 2. The van der Waals surface area contributed by atoms with Crippen molar-refractivity contribution in [1.29, 1.82) is 0 Å². The Morgan fingerprint density at radius 2 is 2.38 bits per heavy atom. The third kappa shape index (κ3) is 2.53. The summed E-state index contributed by atoms with van der Waals surface area (Å²) in [6, 6.07) is 3.36. The molecule has 0 spiro atoms. The van der Waals surface area contributed by atoms with Crippen LogP contribution < -0.4 is 5.32 Å². The first-order valence-corrected chi connectivity index (χ1v) is 5.15. The number of amides is 1. The van der Waals surface area contributed by atoms with Crippen molar-refractivity contribution >= 4 is 11.6 Å². The first kappa shape index (κ1) is 11.0. The van der Waals surface area contributed by atoms with Crippen LogP contribution in [0.15, 0.2) is 24.5 Å². The first-order chi connectivity index (χ1) is 7.57. The molecule has 1 heterocycles. The molecule has 2 rings (SSSR count). The van der Waals surface area contributed by atoms with Gasteiger partial charge in [0.15, 0.2) is 0 Å². The minimum Gasteiger partial charge on any atom is -0.324 e. The molecule has 0 bridgehead atoms. The SMILES string of the molecule is O=C(Nc1cccnc1)C1CCC(F)(F)C1. The second-order valence-corrected chi connectivity index (χ2v) is 4.03. The number of nitrogens with one attached hydrogen (secondary N) is 1. The smallest absolute Gasteiger partial charge is 0.248 e. The van der Waals surface area contributed by atoms with Gasteiger partial charge < -0.3 is 5.32 Å². The highest BCUT2D eigenvalue weighted by Crippen LogP contribution is 2.39. The van der Waals surface area contributed by atoms with Gasteiger partial charge in [0.25, 0.3) is 0 Å². The van der Waals surface area contributed by atoms with Gasteiger partial charge in [0.05, 0.1) is 11.9 Å². The number of anilines is 1. The Hall–Kier alpha value is -1.52. The number of nitrogens with zero attached hydrogens (tertiary/aromatic N) is 1. The molecule has 1 aromatic heterocycles. The molecule has 5 heteroatoms. The van der Waals surface area contributed by atoms with E-state index < -0.39 is 11.8 Å². The average molecular weight is 226 g/mol. The predicted octanol–water partition coefficient (Wildman–Crippen LogP) is 2.46. The molecule has 1 atom stereocenters. The highest BCUT2D eigenvalue weighted by molar-refractivity contribution is 5.92. The van der Waals surface area contributed by atoms with Gasteiger partial charge in [-0.3, -0.25) is 9.78 Å². The standard InChI is InChI=1S/C11H12F2N2O/c12-11(13)4-3-8(6-11)10(16)15-9-2-1-5-14-7-9/h1-2,5,7-8H,3-4,6H2,(H,15,16). The zero-order valence-electron chi connectivity index (χ0n) is 8.62. The van der Waals surface area contributed by atoms with Crippen LogP contribution in [0.25, 0.3) is 0 Å². The summed E-state index contributed by atoms with van der Waals surface area (Å²) in [5.74, 6) is -3.61. The molecule has 0 aliphatic heterocycles. The Bertz CT molecular complexity index is 381. The molecule has 1 unspecified atom stereocenters. The molecule has 1 N–H and O–H groups in total. The highest BCUT2D eigenvalue weighted by Gasteiger charge is 2.42. The van der Waals surface area contributed by atoms with Gasteiger partial charge in [-0.25, -0.2) is 8.78 Å². The summed E-state index contributed by atoms with van der Waals surface area (Å²) in [6.07, 6.45) is 2.78. The van der Waals surface area contributed by atoms with Crippen LogP contribution in [-0.2, 0) is 4.79 Å². The zero-order chi connectivity index (χ0) is 11.6. The van der Waals surface area contributed by atoms with Crippen molar-refractivity contribution in [3.63, 3.8) is 0 Å². The van der Waals surface area contributed by atoms with Crippen molar-refractivity contribution < 1.29 is 13.6 Å². The number of alkyl halides is 2. The van der Waals surface area contributed by atoms with E-state index in [0.717, 1.165) is 0 Å². The lowest BCUT2D eigenvalue weighted by atomic mass is 10.1. The van der Waals surface area contributed by atoms with Crippen molar-refractivity contribution in [2.24, 2.45) is 5.92 Å². The largest absolute Gasteiger partial charge is 0.324 e. The van der Waals surface area contributed by atoms with Gasteiger partial charge in [-0.1, -0.05) is 0 Å². The minimum absolute atomic E-state index is 0.196. The number of halogens is 2. The Labute approximate surface area is 91.9 Å². The third-order valence-corrected chi connectivity index (χ3v) is 2.70. The van der Waals surface area contributed by atoms with Crippen LogP contribution in [-0.4, -0.2) is 16.8 Å². The number of aromatic nitrogens is 1. The topological polar surface area (TPSA) is 42.0 Å². The van der Waals surface area contributed by atoms with Crippen LogP contribution in [0, 0.1) is 5.92 Å². The average Bonchev–Trinajstić information content (AvgIpc) is 2.60. The zero-order valence-corrected chi connectivity index (χ0v) is 8.62. The summed E-state index contributed by atoms with van der Waals surface area (Å²) in [7, 11) is 0. The van der Waals surface area contributed by atoms with E-state index in [0.29, 0.717) is 5.69 Å². The fraction of sp³-hybridized carbons (Fsp3) is 0.455. The summed E-state index contributed by atoms with van der Waals surface area (Å²) in [4.78, 5) is 15.5. The Morgan fingerprint density at radius 3 is 2.94 bits per heavy atom. The Balaban J connectivity index is 1.95. The van der Waals surface area contributed by atoms with Gasteiger partial charge in [-0.2, -0.15) is 0 Å². The Morgan fingerprint density at radius 1 is 1.56 bits per heavy atom. The fourth-order valence-corrected chi connectivity index (χ4v) is 1.85. The lowest BCUT2D eigenvalue weighted by molar-refractivity contribution is -0.120. The summed E-state index contributed by atoms with van der Waals surface area (Å²) < 4.78 is 25.8. The van der Waals surface area contributed by atoms with Crippen LogP contribution in [0.5, 0.6) is 0 Å².